The topological polar surface area (TPSA) is 42.2 Å². The number of fused-ring (bicyclic) bond motifs is 1. The van der Waals surface area contributed by atoms with Gasteiger partial charge in [-0.3, -0.25) is 4.79 Å². The van der Waals surface area contributed by atoms with Crippen LogP contribution in [-0.2, 0) is 11.2 Å². The summed E-state index contributed by atoms with van der Waals surface area (Å²) in [6, 6.07) is 6.58. The van der Waals surface area contributed by atoms with Crippen LogP contribution >= 0.6 is 15.9 Å². The summed E-state index contributed by atoms with van der Waals surface area (Å²) in [6.45, 7) is 0. The molecule has 17 heavy (non-hydrogen) atoms. The van der Waals surface area contributed by atoms with Gasteiger partial charge in [0.05, 0.1) is 6.42 Å². The molecule has 1 aliphatic rings. The van der Waals surface area contributed by atoms with E-state index in [1.54, 1.807) is 0 Å². The van der Waals surface area contributed by atoms with Gasteiger partial charge in [0, 0.05) is 27.6 Å². The average Bonchev–Trinajstić information content (AvgIpc) is 3.03. The van der Waals surface area contributed by atoms with Gasteiger partial charge in [-0.05, 0) is 30.5 Å². The highest BCUT2D eigenvalue weighted by Crippen LogP contribution is 2.40. The Bertz CT molecular complexity index is 599. The van der Waals surface area contributed by atoms with Gasteiger partial charge in [0.1, 0.15) is 0 Å². The number of rotatable bonds is 3. The molecule has 0 spiro atoms. The molecule has 1 aliphatic carbocycles. The lowest BCUT2D eigenvalue weighted by Gasteiger charge is -2.02. The number of carbonyl (C=O) groups is 1. The summed E-state index contributed by atoms with van der Waals surface area (Å²) in [6.07, 6.45) is 4.48. The first-order valence-corrected chi connectivity index (χ1v) is 6.46. The monoisotopic (exact) mass is 293 g/mol. The Hall–Kier alpha value is -1.29. The van der Waals surface area contributed by atoms with E-state index in [0.717, 1.165) is 20.9 Å². The van der Waals surface area contributed by atoms with Gasteiger partial charge in [-0.15, -0.1) is 0 Å². The molecule has 1 aromatic heterocycles. The maximum atomic E-state index is 10.9. The minimum Gasteiger partial charge on any atom is -0.481 e. The summed E-state index contributed by atoms with van der Waals surface area (Å²) in [4.78, 5) is 10.9. The summed E-state index contributed by atoms with van der Waals surface area (Å²) in [7, 11) is 0. The van der Waals surface area contributed by atoms with Crippen LogP contribution in [-0.4, -0.2) is 15.6 Å². The van der Waals surface area contributed by atoms with Crippen molar-refractivity contribution in [2.45, 2.75) is 25.3 Å². The largest absolute Gasteiger partial charge is 0.481 e. The second kappa shape index (κ2) is 3.88. The molecule has 0 aliphatic heterocycles. The minimum atomic E-state index is -0.782. The number of aliphatic carboxylic acids is 1. The number of nitrogens with zero attached hydrogens (tertiary/aromatic N) is 1. The first-order valence-electron chi connectivity index (χ1n) is 5.66. The summed E-state index contributed by atoms with van der Waals surface area (Å²) >= 11 is 3.51. The zero-order valence-corrected chi connectivity index (χ0v) is 10.8. The molecule has 3 rings (SSSR count). The molecule has 0 atom stereocenters. The van der Waals surface area contributed by atoms with Crippen molar-refractivity contribution in [3.8, 4) is 0 Å². The van der Waals surface area contributed by atoms with Crippen molar-refractivity contribution in [2.75, 3.05) is 0 Å². The Morgan fingerprint density at radius 2 is 2.24 bits per heavy atom. The predicted octanol–water partition coefficient (Wildman–Crippen LogP) is 3.37. The van der Waals surface area contributed by atoms with Crippen molar-refractivity contribution in [3.05, 3.63) is 34.4 Å². The molecular formula is C13H12BrNO2. The SMILES string of the molecule is O=C(O)Cc1cn(C2CC2)c2cccc(Br)c12. The number of carboxylic acid groups (broad SMARTS) is 1. The van der Waals surface area contributed by atoms with E-state index in [2.05, 4.69) is 26.6 Å². The molecule has 0 radical (unpaired) electrons. The van der Waals surface area contributed by atoms with Crippen molar-refractivity contribution in [1.82, 2.24) is 4.57 Å². The van der Waals surface area contributed by atoms with Crippen LogP contribution in [0.15, 0.2) is 28.9 Å². The van der Waals surface area contributed by atoms with E-state index in [0.29, 0.717) is 6.04 Å². The van der Waals surface area contributed by atoms with Crippen LogP contribution in [0.2, 0.25) is 0 Å². The number of hydrogen-bond acceptors (Lipinski definition) is 1. The van der Waals surface area contributed by atoms with E-state index in [-0.39, 0.29) is 6.42 Å². The van der Waals surface area contributed by atoms with Crippen LogP contribution in [0.1, 0.15) is 24.4 Å². The van der Waals surface area contributed by atoms with E-state index in [1.165, 1.54) is 12.8 Å². The number of benzene rings is 1. The van der Waals surface area contributed by atoms with Crippen LogP contribution in [0.4, 0.5) is 0 Å². The highest BCUT2D eigenvalue weighted by molar-refractivity contribution is 9.10. The molecule has 0 unspecified atom stereocenters. The predicted molar refractivity (Wildman–Crippen MR) is 69.2 cm³/mol. The number of aromatic nitrogens is 1. The van der Waals surface area contributed by atoms with Gasteiger partial charge in [0.2, 0.25) is 0 Å². The first kappa shape index (κ1) is 10.8. The second-order valence-corrected chi connectivity index (χ2v) is 5.35. The van der Waals surface area contributed by atoms with E-state index in [9.17, 15) is 4.79 Å². The first-order chi connectivity index (χ1) is 8.16. The maximum absolute atomic E-state index is 10.9. The molecule has 0 bridgehead atoms. The number of carboxylic acids is 1. The van der Waals surface area contributed by atoms with E-state index in [1.807, 2.05) is 18.3 Å². The fourth-order valence-corrected chi connectivity index (χ4v) is 2.91. The molecule has 4 heteroatoms. The molecule has 1 saturated carbocycles. The average molecular weight is 294 g/mol. The van der Waals surface area contributed by atoms with E-state index >= 15 is 0 Å². The Morgan fingerprint density at radius 3 is 2.88 bits per heavy atom. The highest BCUT2D eigenvalue weighted by Gasteiger charge is 2.26. The van der Waals surface area contributed by atoms with Gasteiger partial charge in [-0.25, -0.2) is 0 Å². The fourth-order valence-electron chi connectivity index (χ4n) is 2.30. The normalized spacial score (nSPS) is 15.4. The van der Waals surface area contributed by atoms with Crippen molar-refractivity contribution >= 4 is 32.8 Å². The molecule has 1 heterocycles. The molecular weight excluding hydrogens is 282 g/mol. The third-order valence-electron chi connectivity index (χ3n) is 3.17. The van der Waals surface area contributed by atoms with Crippen LogP contribution in [0.25, 0.3) is 10.9 Å². The van der Waals surface area contributed by atoms with Crippen LogP contribution in [0.3, 0.4) is 0 Å². The van der Waals surface area contributed by atoms with Gasteiger partial charge in [-0.2, -0.15) is 0 Å². The van der Waals surface area contributed by atoms with E-state index in [4.69, 9.17) is 5.11 Å². The van der Waals surface area contributed by atoms with Gasteiger partial charge in [0.25, 0.3) is 0 Å². The van der Waals surface area contributed by atoms with Crippen molar-refractivity contribution in [3.63, 3.8) is 0 Å². The summed E-state index contributed by atoms with van der Waals surface area (Å²) in [5, 5.41) is 10.00. The van der Waals surface area contributed by atoms with Crippen molar-refractivity contribution in [1.29, 1.82) is 0 Å². The van der Waals surface area contributed by atoms with Crippen LogP contribution in [0, 0.1) is 0 Å². The Balaban J connectivity index is 2.23. The molecule has 88 valence electrons. The molecule has 1 fully saturated rings. The molecule has 3 nitrogen and oxygen atoms in total. The Morgan fingerprint density at radius 1 is 1.47 bits per heavy atom. The molecule has 1 aromatic carbocycles. The second-order valence-electron chi connectivity index (χ2n) is 4.50. The summed E-state index contributed by atoms with van der Waals surface area (Å²) < 4.78 is 3.20. The lowest BCUT2D eigenvalue weighted by Crippen LogP contribution is -1.99. The van der Waals surface area contributed by atoms with Crippen LogP contribution < -0.4 is 0 Å². The third kappa shape index (κ3) is 1.86. The standard InChI is InChI=1S/C13H12BrNO2/c14-10-2-1-3-11-13(10)8(6-12(16)17)7-15(11)9-4-5-9/h1-3,7,9H,4-6H2,(H,16,17). The van der Waals surface area contributed by atoms with Gasteiger partial charge in [-0.1, -0.05) is 22.0 Å². The third-order valence-corrected chi connectivity index (χ3v) is 3.83. The molecule has 1 N–H and O–H groups in total. The zero-order valence-electron chi connectivity index (χ0n) is 9.19. The summed E-state index contributed by atoms with van der Waals surface area (Å²) in [5.74, 6) is -0.782. The fraction of sp³-hybridized carbons (Fsp3) is 0.308. The number of hydrogen-bond donors (Lipinski definition) is 1. The summed E-state index contributed by atoms with van der Waals surface area (Å²) in [5.41, 5.74) is 2.03. The molecule has 2 aromatic rings. The van der Waals surface area contributed by atoms with Gasteiger partial charge in [0.15, 0.2) is 0 Å². The molecule has 0 saturated heterocycles. The number of halogens is 1. The smallest absolute Gasteiger partial charge is 0.307 e. The lowest BCUT2D eigenvalue weighted by molar-refractivity contribution is -0.136. The maximum Gasteiger partial charge on any atom is 0.307 e. The molecule has 0 amide bonds. The van der Waals surface area contributed by atoms with Crippen molar-refractivity contribution in [2.24, 2.45) is 0 Å². The quantitative estimate of drug-likeness (QED) is 0.943. The Labute approximate surface area is 107 Å². The van der Waals surface area contributed by atoms with Crippen molar-refractivity contribution < 1.29 is 9.90 Å². The minimum absolute atomic E-state index is 0.0822. The lowest BCUT2D eigenvalue weighted by atomic mass is 10.1. The van der Waals surface area contributed by atoms with Gasteiger partial charge < -0.3 is 9.67 Å². The van der Waals surface area contributed by atoms with E-state index < -0.39 is 5.97 Å². The highest BCUT2D eigenvalue weighted by atomic mass is 79.9. The zero-order chi connectivity index (χ0) is 12.0. The Kier molecular flexibility index (Phi) is 2.47. The van der Waals surface area contributed by atoms with Crippen LogP contribution in [0.5, 0.6) is 0 Å². The van der Waals surface area contributed by atoms with Gasteiger partial charge >= 0.3 is 5.97 Å².